The molecule has 0 bridgehead atoms. The van der Waals surface area contributed by atoms with E-state index in [0.29, 0.717) is 13.0 Å². The molecule has 2 fully saturated rings. The Kier molecular flexibility index (Phi) is 3.51. The van der Waals surface area contributed by atoms with Gasteiger partial charge in [-0.15, -0.1) is 12.3 Å². The summed E-state index contributed by atoms with van der Waals surface area (Å²) in [6, 6.07) is 0. The van der Waals surface area contributed by atoms with Crippen molar-refractivity contribution in [3.05, 3.63) is 0 Å². The number of rotatable bonds is 4. The van der Waals surface area contributed by atoms with Crippen molar-refractivity contribution in [1.82, 2.24) is 4.90 Å². The summed E-state index contributed by atoms with van der Waals surface area (Å²) >= 11 is 0. The number of imide groups is 1. The Bertz CT molecular complexity index is 361. The third-order valence-electron chi connectivity index (χ3n) is 4.00. The van der Waals surface area contributed by atoms with E-state index in [1.165, 1.54) is 4.90 Å². The van der Waals surface area contributed by atoms with Gasteiger partial charge >= 0.3 is 0 Å². The minimum Gasteiger partial charge on any atom is -0.282 e. The number of hydrogen-bond donors (Lipinski definition) is 0. The Hall–Kier alpha value is -1.30. The van der Waals surface area contributed by atoms with E-state index in [4.69, 9.17) is 6.42 Å². The summed E-state index contributed by atoms with van der Waals surface area (Å²) in [5.41, 5.74) is -0.316. The lowest BCUT2D eigenvalue weighted by Gasteiger charge is -2.20. The Morgan fingerprint density at radius 1 is 1.24 bits per heavy atom. The first-order valence-electron chi connectivity index (χ1n) is 6.48. The van der Waals surface area contributed by atoms with E-state index < -0.39 is 0 Å². The standard InChI is InChI=1S/C14H19NO2/c1-2-3-4-7-10-15-12(16)11-14(13(15)17)8-5-6-9-14/h1H,3-11H2. The minimum absolute atomic E-state index is 0.0256. The van der Waals surface area contributed by atoms with Crippen molar-refractivity contribution < 1.29 is 9.59 Å². The zero-order chi connectivity index (χ0) is 12.3. The van der Waals surface area contributed by atoms with Gasteiger partial charge in [0.25, 0.3) is 0 Å². The van der Waals surface area contributed by atoms with Gasteiger partial charge in [-0.05, 0) is 25.7 Å². The summed E-state index contributed by atoms with van der Waals surface area (Å²) in [5, 5.41) is 0. The van der Waals surface area contributed by atoms with Gasteiger partial charge in [0.2, 0.25) is 11.8 Å². The monoisotopic (exact) mass is 233 g/mol. The van der Waals surface area contributed by atoms with Gasteiger partial charge in [0.15, 0.2) is 0 Å². The second-order valence-electron chi connectivity index (χ2n) is 5.18. The number of nitrogens with zero attached hydrogens (tertiary/aromatic N) is 1. The van der Waals surface area contributed by atoms with Crippen molar-refractivity contribution in [3.8, 4) is 12.3 Å². The molecule has 1 spiro atoms. The molecule has 1 aliphatic carbocycles. The van der Waals surface area contributed by atoms with Crippen LogP contribution in [0.25, 0.3) is 0 Å². The van der Waals surface area contributed by atoms with Crippen molar-refractivity contribution in [1.29, 1.82) is 0 Å². The predicted molar refractivity (Wildman–Crippen MR) is 64.9 cm³/mol. The van der Waals surface area contributed by atoms with Crippen LogP contribution >= 0.6 is 0 Å². The predicted octanol–water partition coefficient (Wildman–Crippen LogP) is 2.11. The maximum atomic E-state index is 12.3. The SMILES string of the molecule is C#CCCCCN1C(=O)CC2(CCCC2)C1=O. The molecule has 3 nitrogen and oxygen atoms in total. The molecule has 2 amide bonds. The molecule has 0 atom stereocenters. The lowest BCUT2D eigenvalue weighted by atomic mass is 9.84. The largest absolute Gasteiger partial charge is 0.282 e. The quantitative estimate of drug-likeness (QED) is 0.423. The van der Waals surface area contributed by atoms with E-state index in [1.807, 2.05) is 0 Å². The average molecular weight is 233 g/mol. The number of carbonyl (C=O) groups excluding carboxylic acids is 2. The van der Waals surface area contributed by atoms with E-state index >= 15 is 0 Å². The molecule has 0 aromatic rings. The van der Waals surface area contributed by atoms with Crippen molar-refractivity contribution >= 4 is 11.8 Å². The molecule has 0 radical (unpaired) electrons. The van der Waals surface area contributed by atoms with Gasteiger partial charge in [0, 0.05) is 19.4 Å². The number of unbranched alkanes of at least 4 members (excludes halogenated alkanes) is 2. The van der Waals surface area contributed by atoms with Gasteiger partial charge in [-0.3, -0.25) is 14.5 Å². The number of hydrogen-bond acceptors (Lipinski definition) is 2. The number of likely N-dealkylation sites (tertiary alicyclic amines) is 1. The summed E-state index contributed by atoms with van der Waals surface area (Å²) in [6.45, 7) is 0.557. The zero-order valence-corrected chi connectivity index (χ0v) is 10.2. The highest BCUT2D eigenvalue weighted by molar-refractivity contribution is 6.06. The first-order chi connectivity index (χ1) is 8.19. The zero-order valence-electron chi connectivity index (χ0n) is 10.2. The molecule has 1 saturated carbocycles. The van der Waals surface area contributed by atoms with Crippen LogP contribution in [0.2, 0.25) is 0 Å². The highest BCUT2D eigenvalue weighted by Gasteiger charge is 2.52. The van der Waals surface area contributed by atoms with E-state index in [0.717, 1.165) is 44.9 Å². The Morgan fingerprint density at radius 2 is 1.94 bits per heavy atom. The Labute approximate surface area is 103 Å². The fraction of sp³-hybridized carbons (Fsp3) is 0.714. The molecule has 1 heterocycles. The molecule has 0 unspecified atom stereocenters. The van der Waals surface area contributed by atoms with Gasteiger partial charge in [-0.25, -0.2) is 0 Å². The summed E-state index contributed by atoms with van der Waals surface area (Å²) in [7, 11) is 0. The van der Waals surface area contributed by atoms with Crippen molar-refractivity contribution in [2.75, 3.05) is 6.54 Å². The highest BCUT2D eigenvalue weighted by atomic mass is 16.2. The van der Waals surface area contributed by atoms with Crippen molar-refractivity contribution in [2.24, 2.45) is 5.41 Å². The second-order valence-corrected chi connectivity index (χ2v) is 5.18. The minimum atomic E-state index is -0.316. The van der Waals surface area contributed by atoms with Crippen LogP contribution in [-0.2, 0) is 9.59 Å². The average Bonchev–Trinajstić information content (AvgIpc) is 2.85. The molecular weight excluding hydrogens is 214 g/mol. The summed E-state index contributed by atoms with van der Waals surface area (Å²) in [5.74, 6) is 2.69. The molecule has 0 N–H and O–H groups in total. The van der Waals surface area contributed by atoms with Crippen LogP contribution in [0.1, 0.15) is 51.4 Å². The molecule has 3 heteroatoms. The van der Waals surface area contributed by atoms with Crippen LogP contribution in [0.3, 0.4) is 0 Å². The molecule has 2 aliphatic rings. The summed E-state index contributed by atoms with van der Waals surface area (Å²) in [4.78, 5) is 25.6. The first-order valence-corrected chi connectivity index (χ1v) is 6.48. The van der Waals surface area contributed by atoms with E-state index in [2.05, 4.69) is 5.92 Å². The van der Waals surface area contributed by atoms with E-state index in [-0.39, 0.29) is 17.2 Å². The van der Waals surface area contributed by atoms with Gasteiger partial charge < -0.3 is 0 Å². The van der Waals surface area contributed by atoms with Gasteiger partial charge in [-0.2, -0.15) is 0 Å². The van der Waals surface area contributed by atoms with Gasteiger partial charge in [-0.1, -0.05) is 12.8 Å². The maximum absolute atomic E-state index is 12.3. The van der Waals surface area contributed by atoms with Gasteiger partial charge in [0.1, 0.15) is 0 Å². The van der Waals surface area contributed by atoms with Crippen LogP contribution < -0.4 is 0 Å². The van der Waals surface area contributed by atoms with Crippen LogP contribution in [0.4, 0.5) is 0 Å². The molecule has 0 aromatic heterocycles. The molecule has 1 saturated heterocycles. The molecule has 0 aromatic carbocycles. The first kappa shape index (κ1) is 12.2. The topological polar surface area (TPSA) is 37.4 Å². The molecule has 1 aliphatic heterocycles. The maximum Gasteiger partial charge on any atom is 0.235 e. The van der Waals surface area contributed by atoms with Crippen LogP contribution in [-0.4, -0.2) is 23.3 Å². The number of terminal acetylenes is 1. The fourth-order valence-electron chi connectivity index (χ4n) is 3.03. The van der Waals surface area contributed by atoms with Crippen LogP contribution in [0, 0.1) is 17.8 Å². The fourth-order valence-corrected chi connectivity index (χ4v) is 3.03. The van der Waals surface area contributed by atoms with Crippen molar-refractivity contribution in [3.63, 3.8) is 0 Å². The molecule has 2 rings (SSSR count). The third kappa shape index (κ3) is 2.22. The lowest BCUT2D eigenvalue weighted by Crippen LogP contribution is -2.35. The smallest absolute Gasteiger partial charge is 0.235 e. The summed E-state index contributed by atoms with van der Waals surface area (Å²) < 4.78 is 0. The lowest BCUT2D eigenvalue weighted by molar-refractivity contribution is -0.141. The Balaban J connectivity index is 1.93. The van der Waals surface area contributed by atoms with E-state index in [1.54, 1.807) is 0 Å². The van der Waals surface area contributed by atoms with E-state index in [9.17, 15) is 9.59 Å². The normalized spacial score (nSPS) is 22.4. The molecular formula is C14H19NO2. The van der Waals surface area contributed by atoms with Crippen LogP contribution in [0.15, 0.2) is 0 Å². The third-order valence-corrected chi connectivity index (χ3v) is 4.00. The summed E-state index contributed by atoms with van der Waals surface area (Å²) in [6.07, 6.45) is 12.0. The number of carbonyl (C=O) groups is 2. The van der Waals surface area contributed by atoms with Crippen LogP contribution in [0.5, 0.6) is 0 Å². The molecule has 17 heavy (non-hydrogen) atoms. The van der Waals surface area contributed by atoms with Gasteiger partial charge in [0.05, 0.1) is 5.41 Å². The number of amides is 2. The second kappa shape index (κ2) is 4.91. The Morgan fingerprint density at radius 3 is 2.59 bits per heavy atom. The molecule has 92 valence electrons. The highest BCUT2D eigenvalue weighted by Crippen LogP contribution is 2.46. The van der Waals surface area contributed by atoms with Crippen molar-refractivity contribution in [2.45, 2.75) is 51.4 Å².